The molecule has 84 valence electrons. The van der Waals surface area contributed by atoms with Crippen LogP contribution in [-0.2, 0) is 0 Å². The van der Waals surface area contributed by atoms with Crippen LogP contribution in [0.3, 0.4) is 0 Å². The summed E-state index contributed by atoms with van der Waals surface area (Å²) in [7, 11) is 0. The Labute approximate surface area is 94.1 Å². The van der Waals surface area contributed by atoms with Crippen molar-refractivity contribution in [3.63, 3.8) is 0 Å². The summed E-state index contributed by atoms with van der Waals surface area (Å²) in [6.07, 6.45) is 0. The minimum Gasteiger partial charge on any atom is -0.710 e. The third-order valence-corrected chi connectivity index (χ3v) is 2.50. The molecule has 2 aromatic heterocycles. The van der Waals surface area contributed by atoms with Gasteiger partial charge < -0.3 is 9.94 Å². The van der Waals surface area contributed by atoms with Gasteiger partial charge in [0.15, 0.2) is 0 Å². The lowest BCUT2D eigenvalue weighted by Gasteiger charge is -2.09. The Morgan fingerprint density at radius 1 is 1.38 bits per heavy atom. The third kappa shape index (κ3) is 1.66. The van der Waals surface area contributed by atoms with Crippen LogP contribution in [0.15, 0.2) is 18.2 Å². The van der Waals surface area contributed by atoms with E-state index >= 15 is 0 Å². The lowest BCUT2D eigenvalue weighted by atomic mass is 10.1. The van der Waals surface area contributed by atoms with Crippen molar-refractivity contribution in [1.29, 1.82) is 0 Å². The van der Waals surface area contributed by atoms with Crippen LogP contribution in [0.5, 0.6) is 5.88 Å². The standard InChI is InChI=1S/C12H14N2O2/c1-4-16-11-6-5-10-8(2)7-9(3)14(15)12(10)13-11/h5-7H,4H2,1-3H3. The molecule has 0 spiro atoms. The van der Waals surface area contributed by atoms with Crippen molar-refractivity contribution in [2.24, 2.45) is 0 Å². The second kappa shape index (κ2) is 3.96. The number of aryl methyl sites for hydroxylation is 2. The van der Waals surface area contributed by atoms with Gasteiger partial charge in [-0.2, -0.15) is 0 Å². The molecule has 0 bridgehead atoms. The largest absolute Gasteiger partial charge is 0.710 e. The van der Waals surface area contributed by atoms with E-state index < -0.39 is 0 Å². The molecule has 0 aliphatic heterocycles. The van der Waals surface area contributed by atoms with Crippen LogP contribution in [-0.4, -0.2) is 11.6 Å². The van der Waals surface area contributed by atoms with E-state index in [0.717, 1.165) is 15.7 Å². The molecule has 0 aromatic carbocycles. The smallest absolute Gasteiger partial charge is 0.338 e. The number of ether oxygens (including phenoxy) is 1. The molecule has 4 nitrogen and oxygen atoms in total. The highest BCUT2D eigenvalue weighted by molar-refractivity contribution is 5.76. The van der Waals surface area contributed by atoms with Crippen molar-refractivity contribution >= 4 is 11.0 Å². The highest BCUT2D eigenvalue weighted by Gasteiger charge is 2.13. The van der Waals surface area contributed by atoms with Crippen molar-refractivity contribution in [3.05, 3.63) is 34.7 Å². The van der Waals surface area contributed by atoms with Gasteiger partial charge in [-0.05, 0) is 43.5 Å². The summed E-state index contributed by atoms with van der Waals surface area (Å²) in [5.74, 6) is 0.490. The van der Waals surface area contributed by atoms with E-state index in [4.69, 9.17) is 4.74 Å². The quantitative estimate of drug-likeness (QED) is 0.571. The van der Waals surface area contributed by atoms with Gasteiger partial charge in [0.05, 0.1) is 12.0 Å². The van der Waals surface area contributed by atoms with Crippen LogP contribution in [0.1, 0.15) is 18.2 Å². The molecule has 0 saturated heterocycles. The molecule has 2 rings (SSSR count). The maximum Gasteiger partial charge on any atom is 0.338 e. The summed E-state index contributed by atoms with van der Waals surface area (Å²) in [5, 5.41) is 12.7. The number of hydrogen-bond donors (Lipinski definition) is 0. The molecule has 0 unspecified atom stereocenters. The number of pyridine rings is 2. The summed E-state index contributed by atoms with van der Waals surface area (Å²) in [6.45, 7) is 6.17. The fourth-order valence-electron chi connectivity index (χ4n) is 1.74. The van der Waals surface area contributed by atoms with Gasteiger partial charge in [0, 0.05) is 6.07 Å². The van der Waals surface area contributed by atoms with E-state index in [2.05, 4.69) is 4.98 Å². The fourth-order valence-corrected chi connectivity index (χ4v) is 1.74. The lowest BCUT2D eigenvalue weighted by Crippen LogP contribution is -2.32. The number of hydrogen-bond acceptors (Lipinski definition) is 3. The first kappa shape index (κ1) is 10.7. The van der Waals surface area contributed by atoms with Gasteiger partial charge in [0.25, 0.3) is 0 Å². The minimum atomic E-state index is 0.420. The summed E-state index contributed by atoms with van der Waals surface area (Å²) in [6, 6.07) is 5.52. The molecular formula is C12H14N2O2. The summed E-state index contributed by atoms with van der Waals surface area (Å²) >= 11 is 0. The Hall–Kier alpha value is -1.84. The number of fused-ring (bicyclic) bond motifs is 1. The van der Waals surface area contributed by atoms with Crippen LogP contribution in [0.2, 0.25) is 0 Å². The Balaban J connectivity index is 2.71. The molecule has 4 heteroatoms. The van der Waals surface area contributed by atoms with Crippen molar-refractivity contribution in [2.45, 2.75) is 20.8 Å². The maximum absolute atomic E-state index is 11.8. The lowest BCUT2D eigenvalue weighted by molar-refractivity contribution is -0.586. The van der Waals surface area contributed by atoms with Crippen LogP contribution >= 0.6 is 0 Å². The van der Waals surface area contributed by atoms with Crippen LogP contribution < -0.4 is 9.47 Å². The highest BCUT2D eigenvalue weighted by atomic mass is 16.5. The van der Waals surface area contributed by atoms with Crippen molar-refractivity contribution < 1.29 is 9.47 Å². The molecule has 0 saturated carbocycles. The number of aromatic nitrogens is 2. The topological polar surface area (TPSA) is 49.1 Å². The molecule has 0 fully saturated rings. The molecule has 0 amide bonds. The normalized spacial score (nSPS) is 10.7. The third-order valence-electron chi connectivity index (χ3n) is 2.50. The van der Waals surface area contributed by atoms with Gasteiger partial charge >= 0.3 is 11.5 Å². The molecule has 0 aliphatic carbocycles. The van der Waals surface area contributed by atoms with E-state index in [-0.39, 0.29) is 0 Å². The van der Waals surface area contributed by atoms with Gasteiger partial charge in [0.1, 0.15) is 5.69 Å². The zero-order valence-corrected chi connectivity index (χ0v) is 9.65. The van der Waals surface area contributed by atoms with E-state index in [9.17, 15) is 5.21 Å². The Bertz CT molecular complexity index is 538. The van der Waals surface area contributed by atoms with Crippen LogP contribution in [0, 0.1) is 19.1 Å². The minimum absolute atomic E-state index is 0.420. The second-order valence-corrected chi connectivity index (χ2v) is 3.72. The Kier molecular flexibility index (Phi) is 2.64. The highest BCUT2D eigenvalue weighted by Crippen LogP contribution is 2.18. The maximum atomic E-state index is 11.8. The zero-order chi connectivity index (χ0) is 11.7. The van der Waals surface area contributed by atoms with E-state index in [1.165, 1.54) is 0 Å². The first-order valence-corrected chi connectivity index (χ1v) is 5.26. The molecule has 2 aromatic rings. The number of rotatable bonds is 2. The first-order valence-electron chi connectivity index (χ1n) is 5.26. The number of nitrogens with zero attached hydrogens (tertiary/aromatic N) is 2. The predicted octanol–water partition coefficient (Wildman–Crippen LogP) is 1.88. The summed E-state index contributed by atoms with van der Waals surface area (Å²) in [4.78, 5) is 4.21. The van der Waals surface area contributed by atoms with E-state index in [0.29, 0.717) is 23.8 Å². The molecule has 0 N–H and O–H groups in total. The average molecular weight is 218 g/mol. The van der Waals surface area contributed by atoms with Crippen molar-refractivity contribution in [1.82, 2.24) is 4.98 Å². The van der Waals surface area contributed by atoms with Crippen molar-refractivity contribution in [2.75, 3.05) is 6.61 Å². The van der Waals surface area contributed by atoms with Gasteiger partial charge in [0.2, 0.25) is 0 Å². The monoisotopic (exact) mass is 218 g/mol. The summed E-state index contributed by atoms with van der Waals surface area (Å²) < 4.78 is 6.12. The predicted molar refractivity (Wildman–Crippen MR) is 61.3 cm³/mol. The zero-order valence-electron chi connectivity index (χ0n) is 9.65. The van der Waals surface area contributed by atoms with Crippen molar-refractivity contribution in [3.8, 4) is 5.88 Å². The van der Waals surface area contributed by atoms with E-state index in [1.54, 1.807) is 13.0 Å². The first-order chi connectivity index (χ1) is 7.63. The fraction of sp³-hybridized carbons (Fsp3) is 0.333. The van der Waals surface area contributed by atoms with Gasteiger partial charge in [-0.25, -0.2) is 4.73 Å². The van der Waals surface area contributed by atoms with Gasteiger partial charge in [-0.3, -0.25) is 0 Å². The molecule has 16 heavy (non-hydrogen) atoms. The molecule has 2 heterocycles. The second-order valence-electron chi connectivity index (χ2n) is 3.72. The average Bonchev–Trinajstić information content (AvgIpc) is 2.26. The van der Waals surface area contributed by atoms with Crippen LogP contribution in [0.4, 0.5) is 0 Å². The Morgan fingerprint density at radius 2 is 2.12 bits per heavy atom. The van der Waals surface area contributed by atoms with Gasteiger partial charge in [-0.15, -0.1) is 0 Å². The molecule has 0 aliphatic rings. The Morgan fingerprint density at radius 3 is 2.81 bits per heavy atom. The van der Waals surface area contributed by atoms with Crippen LogP contribution in [0.25, 0.3) is 11.0 Å². The SMILES string of the molecule is CCOc1ccc2c(C)cc(C)[n+]([O-])c2n1. The van der Waals surface area contributed by atoms with E-state index in [1.807, 2.05) is 26.0 Å². The molecule has 0 radical (unpaired) electrons. The molecular weight excluding hydrogens is 204 g/mol. The summed E-state index contributed by atoms with van der Waals surface area (Å²) in [5.41, 5.74) is 2.12. The van der Waals surface area contributed by atoms with Gasteiger partial charge in [-0.1, -0.05) is 0 Å². The molecule has 0 atom stereocenters.